The molecule has 0 aromatic heterocycles. The summed E-state index contributed by atoms with van der Waals surface area (Å²) < 4.78 is 0. The molecule has 1 heterocycles. The summed E-state index contributed by atoms with van der Waals surface area (Å²) in [6, 6.07) is 6.63. The van der Waals surface area contributed by atoms with Crippen LogP contribution in [0.25, 0.3) is 0 Å². The highest BCUT2D eigenvalue weighted by Crippen LogP contribution is 2.40. The fourth-order valence-electron chi connectivity index (χ4n) is 4.16. The molecule has 1 aliphatic heterocycles. The summed E-state index contributed by atoms with van der Waals surface area (Å²) in [4.78, 5) is 27.9. The van der Waals surface area contributed by atoms with Gasteiger partial charge in [0.2, 0.25) is 5.91 Å². The molecule has 1 aliphatic carbocycles. The number of amides is 2. The Labute approximate surface area is 172 Å². The molecule has 1 aromatic rings. The van der Waals surface area contributed by atoms with Crippen LogP contribution in [0, 0.1) is 5.92 Å². The van der Waals surface area contributed by atoms with Crippen molar-refractivity contribution >= 4 is 35.8 Å². The lowest BCUT2D eigenvalue weighted by Gasteiger charge is -2.34. The van der Waals surface area contributed by atoms with E-state index in [1.54, 1.807) is 24.3 Å². The minimum absolute atomic E-state index is 0. The largest absolute Gasteiger partial charge is 0.352 e. The summed E-state index contributed by atoms with van der Waals surface area (Å²) in [7, 11) is 0. The molecule has 3 N–H and O–H groups in total. The Morgan fingerprint density at radius 1 is 1.22 bits per heavy atom. The Morgan fingerprint density at radius 3 is 2.48 bits per heavy atom. The van der Waals surface area contributed by atoms with Gasteiger partial charge in [-0.15, -0.1) is 12.4 Å². The number of fused-ring (bicyclic) bond motifs is 1. The Bertz CT molecular complexity index is 673. The third kappa shape index (κ3) is 5.15. The number of likely N-dealkylation sites (tertiary alicyclic amines) is 1. The van der Waals surface area contributed by atoms with E-state index in [4.69, 9.17) is 17.3 Å². The quantitative estimate of drug-likeness (QED) is 0.793. The zero-order chi connectivity index (χ0) is 18.9. The summed E-state index contributed by atoms with van der Waals surface area (Å²) in [6.45, 7) is 4.14. The van der Waals surface area contributed by atoms with Crippen molar-refractivity contribution in [3.8, 4) is 0 Å². The molecule has 1 saturated carbocycles. The Hall–Kier alpha value is -1.30. The molecule has 2 fully saturated rings. The number of nitrogens with zero attached hydrogens (tertiary/aromatic N) is 1. The van der Waals surface area contributed by atoms with Gasteiger partial charge in [0.25, 0.3) is 5.91 Å². The summed E-state index contributed by atoms with van der Waals surface area (Å²) in [5.41, 5.74) is 6.09. The maximum Gasteiger partial charge on any atom is 0.254 e. The van der Waals surface area contributed by atoms with Crippen molar-refractivity contribution in [1.29, 1.82) is 0 Å². The second-order valence-electron chi connectivity index (χ2n) is 8.29. The zero-order valence-electron chi connectivity index (χ0n) is 15.9. The van der Waals surface area contributed by atoms with Gasteiger partial charge in [-0.2, -0.15) is 0 Å². The molecule has 0 spiro atoms. The average molecular weight is 414 g/mol. The normalized spacial score (nSPS) is 24.7. The molecule has 0 bridgehead atoms. The van der Waals surface area contributed by atoms with Crippen LogP contribution < -0.4 is 11.1 Å². The number of hydrogen-bond donors (Lipinski definition) is 2. The number of nitrogens with two attached hydrogens (primary N) is 1. The highest BCUT2D eigenvalue weighted by Gasteiger charge is 2.47. The number of rotatable bonds is 4. The van der Waals surface area contributed by atoms with Crippen molar-refractivity contribution in [2.75, 3.05) is 6.54 Å². The zero-order valence-corrected chi connectivity index (χ0v) is 17.5. The van der Waals surface area contributed by atoms with E-state index in [0.717, 1.165) is 25.7 Å². The number of hydrogen-bond acceptors (Lipinski definition) is 3. The van der Waals surface area contributed by atoms with Gasteiger partial charge in [0.15, 0.2) is 0 Å². The van der Waals surface area contributed by atoms with E-state index in [1.165, 1.54) is 6.42 Å². The van der Waals surface area contributed by atoms with E-state index in [1.807, 2.05) is 18.7 Å². The maximum atomic E-state index is 13.2. The summed E-state index contributed by atoms with van der Waals surface area (Å²) in [6.07, 6.45) is 5.07. The van der Waals surface area contributed by atoms with Crippen LogP contribution in [-0.2, 0) is 4.79 Å². The summed E-state index contributed by atoms with van der Waals surface area (Å²) in [5, 5.41) is 3.54. The minimum atomic E-state index is -0.480. The minimum Gasteiger partial charge on any atom is -0.352 e. The smallest absolute Gasteiger partial charge is 0.254 e. The van der Waals surface area contributed by atoms with Crippen LogP contribution in [-0.4, -0.2) is 40.9 Å². The lowest BCUT2D eigenvalue weighted by molar-refractivity contribution is -0.125. The van der Waals surface area contributed by atoms with Crippen LogP contribution in [0.15, 0.2) is 24.3 Å². The molecule has 27 heavy (non-hydrogen) atoms. The van der Waals surface area contributed by atoms with Crippen molar-refractivity contribution in [3.05, 3.63) is 34.9 Å². The molecule has 3 atom stereocenters. The van der Waals surface area contributed by atoms with Gasteiger partial charge < -0.3 is 16.0 Å². The first kappa shape index (κ1) is 22.0. The molecule has 2 amide bonds. The van der Waals surface area contributed by atoms with E-state index in [2.05, 4.69) is 5.32 Å². The molecule has 3 unspecified atom stereocenters. The van der Waals surface area contributed by atoms with Gasteiger partial charge in [0, 0.05) is 28.7 Å². The molecule has 1 saturated heterocycles. The first-order chi connectivity index (χ1) is 12.3. The van der Waals surface area contributed by atoms with Gasteiger partial charge in [-0.25, -0.2) is 0 Å². The van der Waals surface area contributed by atoms with Crippen LogP contribution in [0.2, 0.25) is 5.02 Å². The van der Waals surface area contributed by atoms with Crippen LogP contribution in [0.1, 0.15) is 56.3 Å². The van der Waals surface area contributed by atoms with E-state index in [0.29, 0.717) is 23.0 Å². The van der Waals surface area contributed by atoms with Gasteiger partial charge in [0.1, 0.15) is 6.04 Å². The highest BCUT2D eigenvalue weighted by molar-refractivity contribution is 6.30. The van der Waals surface area contributed by atoms with Crippen LogP contribution >= 0.6 is 24.0 Å². The number of benzene rings is 1. The Kier molecular flexibility index (Phi) is 7.17. The Balaban J connectivity index is 0.00000261. The molecule has 7 heteroatoms. The monoisotopic (exact) mass is 413 g/mol. The third-order valence-electron chi connectivity index (χ3n) is 5.43. The standard InChI is InChI=1S/C20H28ClN3O2.ClH/c1-20(2,22)12-23-18(25)17-11-14-5-3-4-6-16(14)24(17)19(26)13-7-9-15(21)10-8-13;/h7-10,14,16-17H,3-6,11-12,22H2,1-2H3,(H,23,25);1H. The van der Waals surface area contributed by atoms with Gasteiger partial charge >= 0.3 is 0 Å². The Morgan fingerprint density at radius 2 is 1.85 bits per heavy atom. The van der Waals surface area contributed by atoms with E-state index in [-0.39, 0.29) is 30.3 Å². The maximum absolute atomic E-state index is 13.2. The highest BCUT2D eigenvalue weighted by atomic mass is 35.5. The second-order valence-corrected chi connectivity index (χ2v) is 8.73. The van der Waals surface area contributed by atoms with E-state index in [9.17, 15) is 9.59 Å². The van der Waals surface area contributed by atoms with Crippen molar-refractivity contribution in [3.63, 3.8) is 0 Å². The van der Waals surface area contributed by atoms with E-state index >= 15 is 0 Å². The average Bonchev–Trinajstić information content (AvgIpc) is 2.98. The fraction of sp³-hybridized carbons (Fsp3) is 0.600. The van der Waals surface area contributed by atoms with Crippen molar-refractivity contribution in [1.82, 2.24) is 10.2 Å². The summed E-state index contributed by atoms with van der Waals surface area (Å²) >= 11 is 5.95. The van der Waals surface area contributed by atoms with E-state index < -0.39 is 11.6 Å². The number of halogens is 2. The van der Waals surface area contributed by atoms with Crippen LogP contribution in [0.3, 0.4) is 0 Å². The number of nitrogens with one attached hydrogen (secondary N) is 1. The second kappa shape index (κ2) is 8.80. The lowest BCUT2D eigenvalue weighted by atomic mass is 9.84. The first-order valence-corrected chi connectivity index (χ1v) is 9.79. The fourth-order valence-corrected chi connectivity index (χ4v) is 4.29. The van der Waals surface area contributed by atoms with Gasteiger partial charge in [-0.1, -0.05) is 24.4 Å². The predicted octanol–water partition coefficient (Wildman–Crippen LogP) is 3.39. The molecule has 150 valence electrons. The van der Waals surface area contributed by atoms with Crippen molar-refractivity contribution in [2.24, 2.45) is 11.7 Å². The van der Waals surface area contributed by atoms with Crippen LogP contribution in [0.5, 0.6) is 0 Å². The number of carbonyl (C=O) groups excluding carboxylic acids is 2. The van der Waals surface area contributed by atoms with Gasteiger partial charge in [-0.3, -0.25) is 9.59 Å². The topological polar surface area (TPSA) is 75.4 Å². The van der Waals surface area contributed by atoms with Crippen molar-refractivity contribution in [2.45, 2.75) is 63.6 Å². The van der Waals surface area contributed by atoms with Gasteiger partial charge in [-0.05, 0) is 63.3 Å². The molecule has 0 radical (unpaired) electrons. The molecule has 2 aliphatic rings. The SMILES string of the molecule is CC(C)(N)CNC(=O)C1CC2CCCCC2N1C(=O)c1ccc(Cl)cc1.Cl. The molecule has 1 aromatic carbocycles. The van der Waals surface area contributed by atoms with Gasteiger partial charge in [0.05, 0.1) is 0 Å². The first-order valence-electron chi connectivity index (χ1n) is 9.41. The molecular weight excluding hydrogens is 385 g/mol. The van der Waals surface area contributed by atoms with Crippen LogP contribution in [0.4, 0.5) is 0 Å². The predicted molar refractivity (Wildman–Crippen MR) is 110 cm³/mol. The molecule has 3 rings (SSSR count). The lowest BCUT2D eigenvalue weighted by Crippen LogP contribution is -2.53. The molecular formula is C20H29Cl2N3O2. The third-order valence-corrected chi connectivity index (χ3v) is 5.69. The summed E-state index contributed by atoms with van der Waals surface area (Å²) in [5.74, 6) is 0.227. The molecule has 5 nitrogen and oxygen atoms in total. The van der Waals surface area contributed by atoms with Crippen molar-refractivity contribution < 1.29 is 9.59 Å². The number of carbonyl (C=O) groups is 2.